The summed E-state index contributed by atoms with van der Waals surface area (Å²) in [6.45, 7) is 8.86. The Hall–Kier alpha value is -1.51. The van der Waals surface area contributed by atoms with Crippen LogP contribution in [0.1, 0.15) is 40.0 Å². The van der Waals surface area contributed by atoms with Crippen molar-refractivity contribution < 1.29 is 28.6 Å². The first kappa shape index (κ1) is 24.5. The molecule has 0 aliphatic carbocycles. The highest BCUT2D eigenvalue weighted by molar-refractivity contribution is 5.80. The van der Waals surface area contributed by atoms with Crippen LogP contribution in [0.25, 0.3) is 0 Å². The number of carbonyl (C=O) groups is 3. The molecule has 0 saturated carbocycles. The molecule has 0 rings (SSSR count). The van der Waals surface area contributed by atoms with Gasteiger partial charge in [-0.1, -0.05) is 13.8 Å². The number of nitrogens with one attached hydrogen (secondary N) is 2. The van der Waals surface area contributed by atoms with Gasteiger partial charge in [-0.25, -0.2) is 0 Å². The fourth-order valence-corrected chi connectivity index (χ4v) is 1.84. The topological polar surface area (TPSA) is 103 Å². The maximum absolute atomic E-state index is 11.6. The van der Waals surface area contributed by atoms with Crippen LogP contribution >= 0.6 is 0 Å². The minimum atomic E-state index is -0.118. The summed E-state index contributed by atoms with van der Waals surface area (Å²) in [5, 5.41) is 5.43. The molecule has 152 valence electrons. The van der Waals surface area contributed by atoms with Crippen molar-refractivity contribution >= 4 is 17.6 Å². The summed E-state index contributed by atoms with van der Waals surface area (Å²) in [5.74, 6) is 0.0147. The first-order chi connectivity index (χ1) is 12.5. The molecule has 26 heavy (non-hydrogen) atoms. The third-order valence-electron chi connectivity index (χ3n) is 3.42. The maximum atomic E-state index is 11.6. The van der Waals surface area contributed by atoms with E-state index in [1.807, 2.05) is 20.8 Å². The SMILES string of the molecule is CCOCCC(=O)NCCOCCC(=O)NCCOCCC(=O)C(C)C. The third-order valence-corrected chi connectivity index (χ3v) is 3.42. The van der Waals surface area contributed by atoms with Gasteiger partial charge < -0.3 is 24.8 Å². The Labute approximate surface area is 156 Å². The lowest BCUT2D eigenvalue weighted by Gasteiger charge is -2.08. The minimum absolute atomic E-state index is 0.0293. The van der Waals surface area contributed by atoms with Crippen LogP contribution < -0.4 is 10.6 Å². The molecule has 0 aromatic rings. The monoisotopic (exact) mass is 374 g/mol. The largest absolute Gasteiger partial charge is 0.381 e. The fraction of sp³-hybridized carbons (Fsp3) is 0.833. The Morgan fingerprint density at radius 1 is 0.731 bits per heavy atom. The van der Waals surface area contributed by atoms with E-state index in [0.717, 1.165) is 0 Å². The molecule has 2 amide bonds. The second kappa shape index (κ2) is 16.9. The number of ketones is 1. The predicted molar refractivity (Wildman–Crippen MR) is 97.8 cm³/mol. The molecule has 0 aliphatic rings. The highest BCUT2D eigenvalue weighted by Gasteiger charge is 2.06. The normalized spacial score (nSPS) is 10.8. The molecule has 0 radical (unpaired) electrons. The molecule has 0 bridgehead atoms. The van der Waals surface area contributed by atoms with Gasteiger partial charge in [0.1, 0.15) is 5.78 Å². The summed E-state index contributed by atoms with van der Waals surface area (Å²) in [5.41, 5.74) is 0. The van der Waals surface area contributed by atoms with E-state index in [2.05, 4.69) is 10.6 Å². The Kier molecular flexibility index (Phi) is 15.9. The Morgan fingerprint density at radius 3 is 1.65 bits per heavy atom. The quantitative estimate of drug-likeness (QED) is 0.363. The van der Waals surface area contributed by atoms with Gasteiger partial charge in [-0.05, 0) is 6.92 Å². The van der Waals surface area contributed by atoms with Crippen molar-refractivity contribution in [3.05, 3.63) is 0 Å². The Morgan fingerprint density at radius 2 is 1.19 bits per heavy atom. The fourth-order valence-electron chi connectivity index (χ4n) is 1.84. The van der Waals surface area contributed by atoms with E-state index in [4.69, 9.17) is 14.2 Å². The lowest BCUT2D eigenvalue weighted by Crippen LogP contribution is -2.30. The lowest BCUT2D eigenvalue weighted by atomic mass is 10.1. The van der Waals surface area contributed by atoms with Crippen molar-refractivity contribution in [1.29, 1.82) is 0 Å². The van der Waals surface area contributed by atoms with Gasteiger partial charge >= 0.3 is 0 Å². The summed E-state index contributed by atoms with van der Waals surface area (Å²) in [4.78, 5) is 34.3. The number of hydrogen-bond acceptors (Lipinski definition) is 6. The van der Waals surface area contributed by atoms with Crippen LogP contribution in [-0.4, -0.2) is 70.3 Å². The van der Waals surface area contributed by atoms with E-state index < -0.39 is 0 Å². The van der Waals surface area contributed by atoms with E-state index >= 15 is 0 Å². The van der Waals surface area contributed by atoms with Crippen LogP contribution in [0.2, 0.25) is 0 Å². The average Bonchev–Trinajstić information content (AvgIpc) is 2.60. The minimum Gasteiger partial charge on any atom is -0.381 e. The molecule has 8 heteroatoms. The molecule has 8 nitrogen and oxygen atoms in total. The van der Waals surface area contributed by atoms with Gasteiger partial charge in [0.2, 0.25) is 11.8 Å². The van der Waals surface area contributed by atoms with Gasteiger partial charge in [0.05, 0.1) is 33.0 Å². The van der Waals surface area contributed by atoms with E-state index in [1.54, 1.807) is 0 Å². The molecule has 0 atom stereocenters. The first-order valence-electron chi connectivity index (χ1n) is 9.26. The molecule has 0 fully saturated rings. The number of hydrogen-bond donors (Lipinski definition) is 2. The standard InChI is InChI=1S/C18H34N2O6/c1-4-24-11-6-17(22)19-9-14-26-12-7-18(23)20-8-13-25-10-5-16(21)15(2)3/h15H,4-14H2,1-3H3,(H,19,22)(H,20,23). The second-order valence-electron chi connectivity index (χ2n) is 5.99. The van der Waals surface area contributed by atoms with Crippen LogP contribution in [0.3, 0.4) is 0 Å². The highest BCUT2D eigenvalue weighted by Crippen LogP contribution is 1.98. The molecule has 0 saturated heterocycles. The average molecular weight is 374 g/mol. The van der Waals surface area contributed by atoms with Gasteiger partial charge in [-0.3, -0.25) is 14.4 Å². The third kappa shape index (κ3) is 16.0. The number of ether oxygens (including phenoxy) is 3. The van der Waals surface area contributed by atoms with Crippen LogP contribution in [0, 0.1) is 5.92 Å². The Bertz CT molecular complexity index is 401. The van der Waals surface area contributed by atoms with Crippen molar-refractivity contribution in [2.75, 3.05) is 52.7 Å². The van der Waals surface area contributed by atoms with E-state index in [1.165, 1.54) is 0 Å². The summed E-state index contributed by atoms with van der Waals surface area (Å²) in [7, 11) is 0. The summed E-state index contributed by atoms with van der Waals surface area (Å²) < 4.78 is 15.7. The van der Waals surface area contributed by atoms with Crippen LogP contribution in [-0.2, 0) is 28.6 Å². The molecule has 0 aromatic carbocycles. The predicted octanol–water partition coefficient (Wildman–Crippen LogP) is 0.684. The molecular weight excluding hydrogens is 340 g/mol. The molecule has 0 aliphatic heterocycles. The zero-order valence-corrected chi connectivity index (χ0v) is 16.3. The van der Waals surface area contributed by atoms with Crippen LogP contribution in [0.5, 0.6) is 0 Å². The molecule has 2 N–H and O–H groups in total. The van der Waals surface area contributed by atoms with Gasteiger partial charge in [0, 0.05) is 44.9 Å². The van der Waals surface area contributed by atoms with E-state index in [0.29, 0.717) is 65.6 Å². The molecule has 0 heterocycles. The number of Topliss-reactive ketones (excluding diaryl/α,β-unsaturated/α-hetero) is 1. The highest BCUT2D eigenvalue weighted by atomic mass is 16.5. The summed E-state index contributed by atoms with van der Waals surface area (Å²) in [6, 6.07) is 0. The van der Waals surface area contributed by atoms with Crippen molar-refractivity contribution in [1.82, 2.24) is 10.6 Å². The van der Waals surface area contributed by atoms with Gasteiger partial charge in [-0.2, -0.15) is 0 Å². The zero-order chi connectivity index (χ0) is 19.6. The number of rotatable bonds is 17. The number of amides is 2. The second-order valence-corrected chi connectivity index (χ2v) is 5.99. The molecule has 0 spiro atoms. The maximum Gasteiger partial charge on any atom is 0.222 e. The molecule has 0 unspecified atom stereocenters. The molecular formula is C18H34N2O6. The lowest BCUT2D eigenvalue weighted by molar-refractivity contribution is -0.124. The van der Waals surface area contributed by atoms with Crippen molar-refractivity contribution in [2.24, 2.45) is 5.92 Å². The van der Waals surface area contributed by atoms with Gasteiger partial charge in [0.15, 0.2) is 0 Å². The van der Waals surface area contributed by atoms with Gasteiger partial charge in [0.25, 0.3) is 0 Å². The number of carbonyl (C=O) groups excluding carboxylic acids is 3. The van der Waals surface area contributed by atoms with Crippen molar-refractivity contribution in [3.63, 3.8) is 0 Å². The van der Waals surface area contributed by atoms with Crippen molar-refractivity contribution in [3.8, 4) is 0 Å². The summed E-state index contributed by atoms with van der Waals surface area (Å²) in [6.07, 6.45) is 0.996. The van der Waals surface area contributed by atoms with Crippen LogP contribution in [0.4, 0.5) is 0 Å². The smallest absolute Gasteiger partial charge is 0.222 e. The zero-order valence-electron chi connectivity index (χ0n) is 16.3. The van der Waals surface area contributed by atoms with E-state index in [9.17, 15) is 14.4 Å². The van der Waals surface area contributed by atoms with Crippen molar-refractivity contribution in [2.45, 2.75) is 40.0 Å². The first-order valence-corrected chi connectivity index (χ1v) is 9.26. The Balaban J connectivity index is 3.37. The van der Waals surface area contributed by atoms with Crippen LogP contribution in [0.15, 0.2) is 0 Å². The summed E-state index contributed by atoms with van der Waals surface area (Å²) >= 11 is 0. The van der Waals surface area contributed by atoms with E-state index in [-0.39, 0.29) is 29.9 Å². The molecule has 0 aromatic heterocycles. The van der Waals surface area contributed by atoms with Gasteiger partial charge in [-0.15, -0.1) is 0 Å².